The highest BCUT2D eigenvalue weighted by atomic mass is 35.5. The van der Waals surface area contributed by atoms with Gasteiger partial charge in [-0.2, -0.15) is 0 Å². The van der Waals surface area contributed by atoms with Crippen LogP contribution in [-0.2, 0) is 26.3 Å². The first kappa shape index (κ1) is 16.5. The minimum atomic E-state index is -0.524. The molecule has 0 heterocycles. The molecule has 2 aromatic carbocycles. The number of esters is 1. The van der Waals surface area contributed by atoms with Gasteiger partial charge in [0.15, 0.2) is 0 Å². The fourth-order valence-corrected chi connectivity index (χ4v) is 2.78. The van der Waals surface area contributed by atoms with Crippen molar-refractivity contribution in [3.63, 3.8) is 0 Å². The fraction of sp³-hybridized carbons (Fsp3) is 0.263. The maximum atomic E-state index is 12.4. The van der Waals surface area contributed by atoms with Crippen LogP contribution in [-0.4, -0.2) is 18.4 Å². The Morgan fingerprint density at radius 2 is 1.71 bits per heavy atom. The van der Waals surface area contributed by atoms with Gasteiger partial charge in [0, 0.05) is 5.02 Å². The van der Waals surface area contributed by atoms with Crippen molar-refractivity contribution in [1.29, 1.82) is 0 Å². The molecule has 124 valence electrons. The number of nitrogens with one attached hydrogen (secondary N) is 1. The zero-order valence-corrected chi connectivity index (χ0v) is 13.9. The Labute approximate surface area is 145 Å². The molecule has 1 saturated carbocycles. The zero-order valence-electron chi connectivity index (χ0n) is 13.1. The van der Waals surface area contributed by atoms with Crippen LogP contribution in [0, 0.1) is 0 Å². The second-order valence-electron chi connectivity index (χ2n) is 5.92. The Balaban J connectivity index is 1.50. The lowest BCUT2D eigenvalue weighted by Gasteiger charge is -2.15. The average molecular weight is 344 g/mol. The lowest BCUT2D eigenvalue weighted by atomic mass is 9.95. The SMILES string of the molecule is O=C(CNC(=O)C1(c2ccc(Cl)cc2)CC1)OCc1ccccc1. The van der Waals surface area contributed by atoms with E-state index >= 15 is 0 Å². The van der Waals surface area contributed by atoms with E-state index in [-0.39, 0.29) is 19.1 Å². The maximum absolute atomic E-state index is 12.4. The summed E-state index contributed by atoms with van der Waals surface area (Å²) in [6.07, 6.45) is 1.55. The summed E-state index contributed by atoms with van der Waals surface area (Å²) in [6.45, 7) is 0.0822. The predicted octanol–water partition coefficient (Wildman–Crippen LogP) is 3.23. The summed E-state index contributed by atoms with van der Waals surface area (Å²) in [5.74, 6) is -0.583. The minimum Gasteiger partial charge on any atom is -0.460 e. The molecule has 24 heavy (non-hydrogen) atoms. The molecule has 0 spiro atoms. The van der Waals surface area contributed by atoms with E-state index in [0.717, 1.165) is 24.0 Å². The average Bonchev–Trinajstić information content (AvgIpc) is 3.41. The Morgan fingerprint density at radius 1 is 1.04 bits per heavy atom. The van der Waals surface area contributed by atoms with Crippen molar-refractivity contribution in [1.82, 2.24) is 5.32 Å². The van der Waals surface area contributed by atoms with Crippen molar-refractivity contribution in [2.24, 2.45) is 0 Å². The summed E-state index contributed by atoms with van der Waals surface area (Å²) < 4.78 is 5.16. The van der Waals surface area contributed by atoms with Gasteiger partial charge < -0.3 is 10.1 Å². The van der Waals surface area contributed by atoms with Crippen LogP contribution in [0.3, 0.4) is 0 Å². The number of carbonyl (C=O) groups excluding carboxylic acids is 2. The van der Waals surface area contributed by atoms with Crippen molar-refractivity contribution in [2.75, 3.05) is 6.54 Å². The molecule has 1 aliphatic carbocycles. The monoisotopic (exact) mass is 343 g/mol. The molecular formula is C19H18ClNO3. The van der Waals surface area contributed by atoms with Gasteiger partial charge in [-0.3, -0.25) is 9.59 Å². The molecule has 2 aromatic rings. The molecule has 0 aromatic heterocycles. The van der Waals surface area contributed by atoms with Gasteiger partial charge in [-0.25, -0.2) is 0 Å². The third-order valence-electron chi connectivity index (χ3n) is 4.22. The lowest BCUT2D eigenvalue weighted by Crippen LogP contribution is -2.38. The van der Waals surface area contributed by atoms with Crippen LogP contribution >= 0.6 is 11.6 Å². The van der Waals surface area contributed by atoms with Crippen LogP contribution < -0.4 is 5.32 Å². The summed E-state index contributed by atoms with van der Waals surface area (Å²) in [4.78, 5) is 24.2. The van der Waals surface area contributed by atoms with E-state index in [1.807, 2.05) is 42.5 Å². The summed E-state index contributed by atoms with van der Waals surface area (Å²) in [5.41, 5.74) is 1.32. The quantitative estimate of drug-likeness (QED) is 0.819. The van der Waals surface area contributed by atoms with Crippen molar-refractivity contribution in [3.8, 4) is 0 Å². The number of amides is 1. The Bertz CT molecular complexity index is 724. The topological polar surface area (TPSA) is 55.4 Å². The molecule has 0 aliphatic heterocycles. The Kier molecular flexibility index (Phi) is 4.86. The van der Waals surface area contributed by atoms with Gasteiger partial charge in [-0.15, -0.1) is 0 Å². The van der Waals surface area contributed by atoms with Crippen LogP contribution in [0.25, 0.3) is 0 Å². The molecule has 0 radical (unpaired) electrons. The number of hydrogen-bond acceptors (Lipinski definition) is 3. The van der Waals surface area contributed by atoms with Gasteiger partial charge in [0.05, 0.1) is 5.41 Å². The van der Waals surface area contributed by atoms with Gasteiger partial charge in [0.2, 0.25) is 5.91 Å². The predicted molar refractivity (Wildman–Crippen MR) is 91.6 cm³/mol. The molecule has 0 saturated heterocycles. The van der Waals surface area contributed by atoms with Crippen molar-refractivity contribution >= 4 is 23.5 Å². The molecule has 0 unspecified atom stereocenters. The first-order chi connectivity index (χ1) is 11.6. The molecule has 0 atom stereocenters. The Morgan fingerprint density at radius 3 is 2.33 bits per heavy atom. The molecule has 1 N–H and O–H groups in total. The number of hydrogen-bond donors (Lipinski definition) is 1. The second-order valence-corrected chi connectivity index (χ2v) is 6.35. The highest BCUT2D eigenvalue weighted by Crippen LogP contribution is 2.48. The summed E-state index contributed by atoms with van der Waals surface area (Å²) in [6, 6.07) is 16.7. The third kappa shape index (κ3) is 3.77. The standard InChI is InChI=1S/C19H18ClNO3/c20-16-8-6-15(7-9-16)19(10-11-19)18(23)21-12-17(22)24-13-14-4-2-1-3-5-14/h1-9H,10-13H2,(H,21,23). The normalized spacial score (nSPS) is 14.7. The van der Waals surface area contributed by atoms with Crippen LogP contribution in [0.15, 0.2) is 54.6 Å². The van der Waals surface area contributed by atoms with Gasteiger partial charge in [0.1, 0.15) is 13.2 Å². The molecule has 1 amide bonds. The molecule has 0 bridgehead atoms. The summed E-state index contributed by atoms with van der Waals surface area (Å²) >= 11 is 5.89. The van der Waals surface area contributed by atoms with Crippen LogP contribution in [0.4, 0.5) is 0 Å². The van der Waals surface area contributed by atoms with E-state index in [2.05, 4.69) is 5.32 Å². The molecule has 1 aliphatic rings. The van der Waals surface area contributed by atoms with Crippen molar-refractivity contribution in [2.45, 2.75) is 24.9 Å². The molecule has 1 fully saturated rings. The highest BCUT2D eigenvalue weighted by Gasteiger charge is 2.51. The van der Waals surface area contributed by atoms with Gasteiger partial charge >= 0.3 is 5.97 Å². The number of rotatable bonds is 6. The maximum Gasteiger partial charge on any atom is 0.325 e. The number of halogens is 1. The van der Waals surface area contributed by atoms with Crippen LogP contribution in [0.1, 0.15) is 24.0 Å². The molecular weight excluding hydrogens is 326 g/mol. The first-order valence-corrected chi connectivity index (χ1v) is 8.22. The van der Waals surface area contributed by atoms with E-state index in [4.69, 9.17) is 16.3 Å². The van der Waals surface area contributed by atoms with E-state index in [0.29, 0.717) is 5.02 Å². The molecule has 5 heteroatoms. The summed E-state index contributed by atoms with van der Waals surface area (Å²) in [7, 11) is 0. The minimum absolute atomic E-state index is 0.124. The van der Waals surface area contributed by atoms with Gasteiger partial charge in [-0.05, 0) is 36.1 Å². The largest absolute Gasteiger partial charge is 0.460 e. The first-order valence-electron chi connectivity index (χ1n) is 7.84. The van der Waals surface area contributed by atoms with Gasteiger partial charge in [-0.1, -0.05) is 54.1 Å². The highest BCUT2D eigenvalue weighted by molar-refractivity contribution is 6.30. The molecule has 4 nitrogen and oxygen atoms in total. The third-order valence-corrected chi connectivity index (χ3v) is 4.47. The van der Waals surface area contributed by atoms with Crippen molar-refractivity contribution < 1.29 is 14.3 Å². The lowest BCUT2D eigenvalue weighted by molar-refractivity contribution is -0.145. The smallest absolute Gasteiger partial charge is 0.325 e. The number of ether oxygens (including phenoxy) is 1. The van der Waals surface area contributed by atoms with Crippen LogP contribution in [0.5, 0.6) is 0 Å². The zero-order chi connectivity index (χ0) is 17.0. The van der Waals surface area contributed by atoms with E-state index in [1.165, 1.54) is 0 Å². The van der Waals surface area contributed by atoms with Crippen LogP contribution in [0.2, 0.25) is 5.02 Å². The Hall–Kier alpha value is -2.33. The van der Waals surface area contributed by atoms with E-state index in [9.17, 15) is 9.59 Å². The molecule has 3 rings (SSSR count). The van der Waals surface area contributed by atoms with Gasteiger partial charge in [0.25, 0.3) is 0 Å². The van der Waals surface area contributed by atoms with Crippen molar-refractivity contribution in [3.05, 3.63) is 70.7 Å². The fourth-order valence-electron chi connectivity index (χ4n) is 2.65. The van der Waals surface area contributed by atoms with E-state index < -0.39 is 11.4 Å². The number of benzene rings is 2. The second kappa shape index (κ2) is 7.05. The van der Waals surface area contributed by atoms with E-state index in [1.54, 1.807) is 12.1 Å². The summed E-state index contributed by atoms with van der Waals surface area (Å²) in [5, 5.41) is 3.33. The number of carbonyl (C=O) groups is 2.